The van der Waals surface area contributed by atoms with E-state index < -0.39 is 0 Å². The number of hydrogen-bond donors (Lipinski definition) is 0. The van der Waals surface area contributed by atoms with Gasteiger partial charge in [0.2, 0.25) is 0 Å². The van der Waals surface area contributed by atoms with Gasteiger partial charge in [0.1, 0.15) is 0 Å². The number of ketones is 3. The van der Waals surface area contributed by atoms with Crippen LogP contribution in [0, 0.1) is 0 Å². The zero-order valence-corrected chi connectivity index (χ0v) is 10.3. The van der Waals surface area contributed by atoms with Gasteiger partial charge in [-0.15, -0.1) is 0 Å². The molecule has 19 heavy (non-hydrogen) atoms. The van der Waals surface area contributed by atoms with Gasteiger partial charge in [0, 0.05) is 27.8 Å². The molecule has 0 saturated heterocycles. The molecule has 0 atom stereocenters. The average Bonchev–Trinajstić information content (AvgIpc) is 2.44. The first-order chi connectivity index (χ1) is 9.09. The zero-order chi connectivity index (χ0) is 13.6. The summed E-state index contributed by atoms with van der Waals surface area (Å²) >= 11 is 0. The number of Topliss-reactive ketones (excluding diaryl/α,β-unsaturated/α-hetero) is 1. The van der Waals surface area contributed by atoms with Gasteiger partial charge in [0.05, 0.1) is 0 Å². The second-order valence-corrected chi connectivity index (χ2v) is 4.52. The lowest BCUT2D eigenvalue weighted by Crippen LogP contribution is -2.21. The number of hydrogen-bond acceptors (Lipinski definition) is 3. The Hall–Kier alpha value is -2.55. The van der Waals surface area contributed by atoms with E-state index >= 15 is 0 Å². The van der Waals surface area contributed by atoms with Gasteiger partial charge in [0.15, 0.2) is 17.3 Å². The maximum absolute atomic E-state index is 12.4. The highest BCUT2D eigenvalue weighted by Gasteiger charge is 2.29. The van der Waals surface area contributed by atoms with Gasteiger partial charge in [0.25, 0.3) is 0 Å². The molecular weight excluding hydrogens is 240 g/mol. The largest absolute Gasteiger partial charge is 0.295 e. The Morgan fingerprint density at radius 3 is 1.89 bits per heavy atom. The van der Waals surface area contributed by atoms with Gasteiger partial charge < -0.3 is 0 Å². The van der Waals surface area contributed by atoms with Crippen LogP contribution >= 0.6 is 0 Å². The molecule has 0 aliphatic heterocycles. The summed E-state index contributed by atoms with van der Waals surface area (Å²) in [7, 11) is 0. The first-order valence-corrected chi connectivity index (χ1v) is 5.93. The van der Waals surface area contributed by atoms with Crippen LogP contribution in [0.2, 0.25) is 0 Å². The molecule has 0 N–H and O–H groups in total. The summed E-state index contributed by atoms with van der Waals surface area (Å²) in [5.41, 5.74) is 1.96. The molecule has 2 aromatic rings. The van der Waals surface area contributed by atoms with Crippen LogP contribution < -0.4 is 0 Å². The standard InChI is InChI=1S/C16H10O3/c1-9(17)10-6-7-13-14(8-10)16(19)12-5-3-2-4-11(12)15(13)18/h2-8H,1H3. The first kappa shape index (κ1) is 11.5. The summed E-state index contributed by atoms with van der Waals surface area (Å²) in [5, 5.41) is 0. The van der Waals surface area contributed by atoms with Crippen molar-refractivity contribution in [2.45, 2.75) is 6.92 Å². The third-order valence-electron chi connectivity index (χ3n) is 3.33. The predicted octanol–water partition coefficient (Wildman–Crippen LogP) is 2.66. The molecular formula is C16H10O3. The van der Waals surface area contributed by atoms with E-state index in [2.05, 4.69) is 0 Å². The highest BCUT2D eigenvalue weighted by atomic mass is 16.1. The van der Waals surface area contributed by atoms with Gasteiger partial charge in [-0.2, -0.15) is 0 Å². The second kappa shape index (κ2) is 3.99. The van der Waals surface area contributed by atoms with Gasteiger partial charge in [-0.1, -0.05) is 30.3 Å². The van der Waals surface area contributed by atoms with E-state index in [1.807, 2.05) is 0 Å². The minimum absolute atomic E-state index is 0.123. The zero-order valence-electron chi connectivity index (χ0n) is 10.3. The van der Waals surface area contributed by atoms with Crippen LogP contribution in [0.1, 0.15) is 49.1 Å². The molecule has 0 aromatic heterocycles. The molecule has 0 bridgehead atoms. The van der Waals surface area contributed by atoms with E-state index in [1.165, 1.54) is 13.0 Å². The minimum atomic E-state index is -0.201. The smallest absolute Gasteiger partial charge is 0.194 e. The van der Waals surface area contributed by atoms with Crippen molar-refractivity contribution in [3.8, 4) is 0 Å². The summed E-state index contributed by atoms with van der Waals surface area (Å²) in [5.74, 6) is -0.490. The van der Waals surface area contributed by atoms with Crippen molar-refractivity contribution in [2.24, 2.45) is 0 Å². The van der Waals surface area contributed by atoms with E-state index in [0.717, 1.165) is 0 Å². The van der Waals surface area contributed by atoms with Crippen molar-refractivity contribution in [1.82, 2.24) is 0 Å². The van der Waals surface area contributed by atoms with E-state index in [9.17, 15) is 14.4 Å². The molecule has 0 saturated carbocycles. The normalized spacial score (nSPS) is 12.9. The van der Waals surface area contributed by atoms with E-state index in [1.54, 1.807) is 36.4 Å². The average molecular weight is 250 g/mol. The Balaban J connectivity index is 2.27. The second-order valence-electron chi connectivity index (χ2n) is 4.52. The molecule has 1 aliphatic carbocycles. The Morgan fingerprint density at radius 1 is 0.789 bits per heavy atom. The summed E-state index contributed by atoms with van der Waals surface area (Å²) in [6.45, 7) is 1.44. The molecule has 92 valence electrons. The van der Waals surface area contributed by atoms with Crippen LogP contribution in [0.25, 0.3) is 0 Å². The third kappa shape index (κ3) is 1.63. The van der Waals surface area contributed by atoms with Crippen molar-refractivity contribution >= 4 is 17.3 Å². The van der Waals surface area contributed by atoms with Crippen LogP contribution in [0.5, 0.6) is 0 Å². The van der Waals surface area contributed by atoms with Gasteiger partial charge in [-0.3, -0.25) is 14.4 Å². The third-order valence-corrected chi connectivity index (χ3v) is 3.33. The lowest BCUT2D eigenvalue weighted by atomic mass is 9.83. The fourth-order valence-corrected chi connectivity index (χ4v) is 2.32. The van der Waals surface area contributed by atoms with E-state index in [-0.39, 0.29) is 17.3 Å². The number of rotatable bonds is 1. The fourth-order valence-electron chi connectivity index (χ4n) is 2.32. The highest BCUT2D eigenvalue weighted by Crippen LogP contribution is 2.27. The van der Waals surface area contributed by atoms with Crippen LogP contribution in [-0.2, 0) is 0 Å². The van der Waals surface area contributed by atoms with Crippen molar-refractivity contribution in [3.05, 3.63) is 70.3 Å². The quantitative estimate of drug-likeness (QED) is 0.624. The molecule has 0 amide bonds. The summed E-state index contributed by atoms with van der Waals surface area (Å²) in [4.78, 5) is 36.0. The molecule has 0 spiro atoms. The molecule has 1 aliphatic rings. The van der Waals surface area contributed by atoms with Crippen molar-refractivity contribution in [2.75, 3.05) is 0 Å². The van der Waals surface area contributed by atoms with Crippen LogP contribution in [0.3, 0.4) is 0 Å². The van der Waals surface area contributed by atoms with Crippen LogP contribution in [0.4, 0.5) is 0 Å². The van der Waals surface area contributed by atoms with E-state index in [0.29, 0.717) is 27.8 Å². The molecule has 0 unspecified atom stereocenters. The van der Waals surface area contributed by atoms with Crippen molar-refractivity contribution in [1.29, 1.82) is 0 Å². The Labute approximate surface area is 109 Å². The summed E-state index contributed by atoms with van der Waals surface area (Å²) < 4.78 is 0. The monoisotopic (exact) mass is 250 g/mol. The molecule has 0 radical (unpaired) electrons. The Kier molecular flexibility index (Phi) is 2.42. The highest BCUT2D eigenvalue weighted by molar-refractivity contribution is 6.28. The summed E-state index contributed by atoms with van der Waals surface area (Å²) in [6, 6.07) is 11.4. The maximum atomic E-state index is 12.4. The number of carbonyl (C=O) groups excluding carboxylic acids is 3. The maximum Gasteiger partial charge on any atom is 0.194 e. The SMILES string of the molecule is CC(=O)c1ccc2c(c1)C(=O)c1ccccc1C2=O. The number of benzene rings is 2. The minimum Gasteiger partial charge on any atom is -0.295 e. The molecule has 3 nitrogen and oxygen atoms in total. The number of fused-ring (bicyclic) bond motifs is 2. The fraction of sp³-hybridized carbons (Fsp3) is 0.0625. The summed E-state index contributed by atoms with van der Waals surface area (Å²) in [6.07, 6.45) is 0. The van der Waals surface area contributed by atoms with Gasteiger partial charge in [-0.25, -0.2) is 0 Å². The molecule has 3 heteroatoms. The topological polar surface area (TPSA) is 51.2 Å². The lowest BCUT2D eigenvalue weighted by molar-refractivity contribution is 0.0977. The first-order valence-electron chi connectivity index (χ1n) is 5.93. The van der Waals surface area contributed by atoms with E-state index in [4.69, 9.17) is 0 Å². The predicted molar refractivity (Wildman–Crippen MR) is 69.8 cm³/mol. The van der Waals surface area contributed by atoms with Crippen molar-refractivity contribution in [3.63, 3.8) is 0 Å². The van der Waals surface area contributed by atoms with Crippen molar-refractivity contribution < 1.29 is 14.4 Å². The number of carbonyl (C=O) groups is 3. The van der Waals surface area contributed by atoms with Gasteiger partial charge in [-0.05, 0) is 19.1 Å². The van der Waals surface area contributed by atoms with Crippen LogP contribution in [0.15, 0.2) is 42.5 Å². The Bertz CT molecular complexity index is 741. The van der Waals surface area contributed by atoms with Gasteiger partial charge >= 0.3 is 0 Å². The Morgan fingerprint density at radius 2 is 1.32 bits per heavy atom. The lowest BCUT2D eigenvalue weighted by Gasteiger charge is -2.17. The van der Waals surface area contributed by atoms with Crippen LogP contribution in [-0.4, -0.2) is 17.3 Å². The molecule has 0 fully saturated rings. The molecule has 0 heterocycles. The molecule has 3 rings (SSSR count). The molecule has 2 aromatic carbocycles.